The molecule has 2 aliphatic rings. The second kappa shape index (κ2) is 7.13. The number of hydrogen-bond acceptors (Lipinski definition) is 4. The highest BCUT2D eigenvalue weighted by Crippen LogP contribution is 2.56. The number of carbonyl (C=O) groups is 1. The molecule has 1 aromatic carbocycles. The molecular weight excluding hydrogens is 369 g/mol. The molecule has 1 amide bonds. The summed E-state index contributed by atoms with van der Waals surface area (Å²) >= 11 is 5.79. The van der Waals surface area contributed by atoms with E-state index in [9.17, 15) is 9.18 Å². The fourth-order valence-corrected chi connectivity index (χ4v) is 4.58. The number of aromatic amines is 1. The fourth-order valence-electron chi connectivity index (χ4n) is 4.38. The summed E-state index contributed by atoms with van der Waals surface area (Å²) in [6.45, 7) is 2.36. The second-order valence-corrected chi connectivity index (χ2v) is 8.09. The molecule has 0 bridgehead atoms. The Kier molecular flexibility index (Phi) is 4.82. The molecule has 1 spiro atoms. The largest absolute Gasteiger partial charge is 0.382 e. The molecule has 1 saturated carbocycles. The molecule has 5 N–H and O–H groups in total. The summed E-state index contributed by atoms with van der Waals surface area (Å²) in [6.07, 6.45) is 4.48. The van der Waals surface area contributed by atoms with E-state index < -0.39 is 5.82 Å². The normalized spacial score (nSPS) is 19.0. The second-order valence-electron chi connectivity index (χ2n) is 7.68. The summed E-state index contributed by atoms with van der Waals surface area (Å²) in [6, 6.07) is 4.38. The lowest BCUT2D eigenvalue weighted by Gasteiger charge is -2.50. The first-order valence-electron chi connectivity index (χ1n) is 9.24. The highest BCUT2D eigenvalue weighted by atomic mass is 35.5. The summed E-state index contributed by atoms with van der Waals surface area (Å²) in [7, 11) is 0. The first kappa shape index (κ1) is 18.3. The highest BCUT2D eigenvalue weighted by molar-refractivity contribution is 6.30. The minimum Gasteiger partial charge on any atom is -0.382 e. The van der Waals surface area contributed by atoms with E-state index in [1.807, 2.05) is 0 Å². The third-order valence-electron chi connectivity index (χ3n) is 5.92. The molecule has 8 heteroatoms. The van der Waals surface area contributed by atoms with Crippen molar-refractivity contribution in [2.24, 2.45) is 5.41 Å². The van der Waals surface area contributed by atoms with Gasteiger partial charge in [0.15, 0.2) is 5.82 Å². The first-order valence-corrected chi connectivity index (χ1v) is 9.62. The van der Waals surface area contributed by atoms with E-state index in [0.29, 0.717) is 11.0 Å². The van der Waals surface area contributed by atoms with Crippen LogP contribution in [-0.2, 0) is 6.54 Å². The SMILES string of the molecule is Nc1n[nH]c(C2CC3(CCNCC3)C2)c1C(=O)NCc1ccc(F)c(Cl)c1. The molecular formula is C19H23ClFN5O. The molecule has 27 heavy (non-hydrogen) atoms. The van der Waals surface area contributed by atoms with E-state index in [2.05, 4.69) is 20.8 Å². The number of nitrogen functional groups attached to an aromatic ring is 1. The Morgan fingerprint density at radius 3 is 2.81 bits per heavy atom. The van der Waals surface area contributed by atoms with Crippen molar-refractivity contribution >= 4 is 23.3 Å². The first-order chi connectivity index (χ1) is 13.0. The van der Waals surface area contributed by atoms with Gasteiger partial charge in [0.2, 0.25) is 0 Å². The molecule has 4 rings (SSSR count). The predicted octanol–water partition coefficient (Wildman–Crippen LogP) is 2.96. The van der Waals surface area contributed by atoms with E-state index in [0.717, 1.165) is 37.2 Å². The van der Waals surface area contributed by atoms with Gasteiger partial charge in [0.1, 0.15) is 11.4 Å². The Morgan fingerprint density at radius 2 is 2.11 bits per heavy atom. The van der Waals surface area contributed by atoms with Crippen LogP contribution in [0.15, 0.2) is 18.2 Å². The van der Waals surface area contributed by atoms with Crippen molar-refractivity contribution < 1.29 is 9.18 Å². The number of nitrogens with one attached hydrogen (secondary N) is 3. The average Bonchev–Trinajstić information content (AvgIpc) is 3.02. The Labute approximate surface area is 162 Å². The number of halogens is 2. The Hall–Kier alpha value is -2.12. The van der Waals surface area contributed by atoms with Gasteiger partial charge in [-0.15, -0.1) is 0 Å². The lowest BCUT2D eigenvalue weighted by molar-refractivity contribution is 0.0579. The van der Waals surface area contributed by atoms with E-state index in [1.165, 1.54) is 25.0 Å². The molecule has 0 radical (unpaired) electrons. The van der Waals surface area contributed by atoms with Crippen LogP contribution in [0.5, 0.6) is 0 Å². The van der Waals surface area contributed by atoms with Crippen molar-refractivity contribution in [1.82, 2.24) is 20.8 Å². The lowest BCUT2D eigenvalue weighted by atomic mass is 9.56. The van der Waals surface area contributed by atoms with Crippen LogP contribution in [0.1, 0.15) is 53.2 Å². The van der Waals surface area contributed by atoms with Crippen molar-refractivity contribution in [3.05, 3.63) is 45.9 Å². The molecule has 0 atom stereocenters. The molecule has 6 nitrogen and oxygen atoms in total. The van der Waals surface area contributed by atoms with Gasteiger partial charge in [-0.1, -0.05) is 17.7 Å². The van der Waals surface area contributed by atoms with Crippen LogP contribution in [0, 0.1) is 11.2 Å². The van der Waals surface area contributed by atoms with Gasteiger partial charge in [-0.3, -0.25) is 9.89 Å². The number of carbonyl (C=O) groups excluding carboxylic acids is 1. The van der Waals surface area contributed by atoms with Gasteiger partial charge in [0.25, 0.3) is 5.91 Å². The molecule has 1 saturated heterocycles. The summed E-state index contributed by atoms with van der Waals surface area (Å²) < 4.78 is 13.3. The number of aromatic nitrogens is 2. The van der Waals surface area contributed by atoms with Crippen molar-refractivity contribution in [1.29, 1.82) is 0 Å². The van der Waals surface area contributed by atoms with Gasteiger partial charge in [-0.25, -0.2) is 4.39 Å². The van der Waals surface area contributed by atoms with Gasteiger partial charge in [0.05, 0.1) is 10.7 Å². The van der Waals surface area contributed by atoms with E-state index >= 15 is 0 Å². The van der Waals surface area contributed by atoms with Crippen molar-refractivity contribution in [2.75, 3.05) is 18.8 Å². The molecule has 2 aromatic rings. The molecule has 1 aromatic heterocycles. The van der Waals surface area contributed by atoms with Crippen LogP contribution in [-0.4, -0.2) is 29.2 Å². The monoisotopic (exact) mass is 391 g/mol. The van der Waals surface area contributed by atoms with E-state index in [4.69, 9.17) is 17.3 Å². The number of rotatable bonds is 4. The molecule has 1 aliphatic heterocycles. The van der Waals surface area contributed by atoms with Crippen molar-refractivity contribution in [3.8, 4) is 0 Å². The van der Waals surface area contributed by atoms with Crippen LogP contribution >= 0.6 is 11.6 Å². The molecule has 1 aliphatic carbocycles. The van der Waals surface area contributed by atoms with E-state index in [-0.39, 0.29) is 29.2 Å². The average molecular weight is 392 g/mol. The third-order valence-corrected chi connectivity index (χ3v) is 6.21. The highest BCUT2D eigenvalue weighted by Gasteiger charge is 2.46. The van der Waals surface area contributed by atoms with Crippen LogP contribution in [0.3, 0.4) is 0 Å². The standard InChI is InChI=1S/C19H23ClFN5O/c20-13-7-11(1-2-14(13)21)10-24-18(27)15-16(25-26-17(15)22)12-8-19(9-12)3-5-23-6-4-19/h1-2,7,12,23H,3-6,8-10H2,(H,24,27)(H3,22,25,26). The summed E-state index contributed by atoms with van der Waals surface area (Å²) in [5.74, 6) is -0.257. The fraction of sp³-hybridized carbons (Fsp3) is 0.474. The number of benzene rings is 1. The number of H-pyrrole nitrogens is 1. The Balaban J connectivity index is 1.43. The molecule has 2 fully saturated rings. The van der Waals surface area contributed by atoms with Gasteiger partial charge in [0, 0.05) is 12.5 Å². The predicted molar refractivity (Wildman–Crippen MR) is 102 cm³/mol. The molecule has 0 unspecified atom stereocenters. The van der Waals surface area contributed by atoms with Gasteiger partial charge >= 0.3 is 0 Å². The van der Waals surface area contributed by atoms with E-state index in [1.54, 1.807) is 6.07 Å². The van der Waals surface area contributed by atoms with Gasteiger partial charge in [-0.2, -0.15) is 5.10 Å². The third kappa shape index (κ3) is 3.53. The van der Waals surface area contributed by atoms with Gasteiger partial charge in [-0.05, 0) is 61.9 Å². The minimum atomic E-state index is -0.482. The Bertz CT molecular complexity index is 854. The van der Waals surface area contributed by atoms with Crippen molar-refractivity contribution in [3.63, 3.8) is 0 Å². The summed E-state index contributed by atoms with van der Waals surface area (Å²) in [5.41, 5.74) is 8.33. The number of hydrogen-bond donors (Lipinski definition) is 4. The zero-order valence-electron chi connectivity index (χ0n) is 14.9. The minimum absolute atomic E-state index is 0.0343. The molecule has 2 heterocycles. The van der Waals surface area contributed by atoms with Gasteiger partial charge < -0.3 is 16.4 Å². The maximum Gasteiger partial charge on any atom is 0.257 e. The summed E-state index contributed by atoms with van der Waals surface area (Å²) in [4.78, 5) is 12.7. The number of piperidine rings is 1. The van der Waals surface area contributed by atoms with Crippen molar-refractivity contribution in [2.45, 2.75) is 38.1 Å². The number of nitrogens with two attached hydrogens (primary N) is 1. The zero-order valence-corrected chi connectivity index (χ0v) is 15.7. The van der Waals surface area contributed by atoms with Crippen LogP contribution in [0.4, 0.5) is 10.2 Å². The molecule has 144 valence electrons. The summed E-state index contributed by atoms with van der Waals surface area (Å²) in [5, 5.41) is 13.3. The lowest BCUT2D eigenvalue weighted by Crippen LogP contribution is -2.45. The Morgan fingerprint density at radius 1 is 1.37 bits per heavy atom. The maximum absolute atomic E-state index is 13.3. The van der Waals surface area contributed by atoms with Crippen LogP contribution in [0.2, 0.25) is 5.02 Å². The number of amides is 1. The quantitative estimate of drug-likeness (QED) is 0.644. The smallest absolute Gasteiger partial charge is 0.257 e. The van der Waals surface area contributed by atoms with Crippen LogP contribution < -0.4 is 16.4 Å². The van der Waals surface area contributed by atoms with Crippen LogP contribution in [0.25, 0.3) is 0 Å². The topological polar surface area (TPSA) is 95.8 Å². The number of nitrogens with zero attached hydrogens (tertiary/aromatic N) is 1. The maximum atomic E-state index is 13.3. The zero-order chi connectivity index (χ0) is 19.0. The number of anilines is 1.